The number of nitrogens with one attached hydrogen (secondary N) is 1. The van der Waals surface area contributed by atoms with Gasteiger partial charge in [0.15, 0.2) is 0 Å². The first-order valence-corrected chi connectivity index (χ1v) is 13.9. The van der Waals surface area contributed by atoms with Gasteiger partial charge in [-0.15, -0.1) is 0 Å². The highest BCUT2D eigenvalue weighted by molar-refractivity contribution is 7.89. The third-order valence-corrected chi connectivity index (χ3v) is 8.05. The summed E-state index contributed by atoms with van der Waals surface area (Å²) in [6.07, 6.45) is -7.33. The van der Waals surface area contributed by atoms with E-state index in [0.29, 0.717) is 23.4 Å². The Hall–Kier alpha value is -3.65. The lowest BCUT2D eigenvalue weighted by Crippen LogP contribution is -2.51. The molecule has 41 heavy (non-hydrogen) atoms. The molecule has 3 rings (SSSR count). The molecule has 0 saturated carbocycles. The Balaban J connectivity index is 1.91. The van der Waals surface area contributed by atoms with E-state index in [2.05, 4.69) is 5.32 Å². The molecule has 3 aromatic rings. The maximum absolute atomic E-state index is 13.4. The number of ether oxygens (including phenoxy) is 1. The third kappa shape index (κ3) is 8.43. The van der Waals surface area contributed by atoms with Crippen LogP contribution in [0.2, 0.25) is 0 Å². The van der Waals surface area contributed by atoms with Gasteiger partial charge in [0.1, 0.15) is 11.5 Å². The fourth-order valence-electron chi connectivity index (χ4n) is 4.09. The Morgan fingerprint density at radius 2 is 1.63 bits per heavy atom. The van der Waals surface area contributed by atoms with Crippen molar-refractivity contribution < 1.29 is 46.4 Å². The quantitative estimate of drug-likeness (QED) is 0.252. The van der Waals surface area contributed by atoms with Crippen molar-refractivity contribution in [3.63, 3.8) is 0 Å². The standard InChI is InChI=1S/C28H31F3N2O7S/c1-18(34)16-33(41(38,39)22-11-8-20(9-12-22)28(29,30)31)17-26(36)24(14-19-6-4-3-5-7-19)32-27(37)23-13-10-21(40-2)15-25(23)35/h3-13,15,18,24,26,34-36H,14,16-17H2,1-2H3,(H,32,37)/t18-,24-,26+/m0/s1. The van der Waals surface area contributed by atoms with Crippen LogP contribution in [0.5, 0.6) is 11.5 Å². The molecule has 0 radical (unpaired) electrons. The molecule has 3 aromatic carbocycles. The van der Waals surface area contributed by atoms with Crippen LogP contribution >= 0.6 is 0 Å². The van der Waals surface area contributed by atoms with Crippen LogP contribution in [0.4, 0.5) is 13.2 Å². The highest BCUT2D eigenvalue weighted by atomic mass is 32.2. The molecule has 1 amide bonds. The van der Waals surface area contributed by atoms with Crippen molar-refractivity contribution in [1.29, 1.82) is 0 Å². The number of alkyl halides is 3. The van der Waals surface area contributed by atoms with Gasteiger partial charge < -0.3 is 25.4 Å². The summed E-state index contributed by atoms with van der Waals surface area (Å²) in [6, 6.07) is 14.5. The van der Waals surface area contributed by atoms with Crippen molar-refractivity contribution in [3.05, 3.63) is 89.5 Å². The predicted molar refractivity (Wildman–Crippen MR) is 144 cm³/mol. The molecule has 0 spiro atoms. The molecular formula is C28H31F3N2O7S. The highest BCUT2D eigenvalue weighted by Crippen LogP contribution is 2.30. The summed E-state index contributed by atoms with van der Waals surface area (Å²) in [5.74, 6) is -0.824. The van der Waals surface area contributed by atoms with Gasteiger partial charge in [0.05, 0.1) is 41.4 Å². The average Bonchev–Trinajstić information content (AvgIpc) is 2.92. The van der Waals surface area contributed by atoms with Gasteiger partial charge in [-0.05, 0) is 55.3 Å². The normalized spacial score (nSPS) is 14.3. The molecule has 0 bridgehead atoms. The van der Waals surface area contributed by atoms with E-state index >= 15 is 0 Å². The number of sulfonamides is 1. The number of benzene rings is 3. The maximum atomic E-state index is 13.4. The van der Waals surface area contributed by atoms with E-state index < -0.39 is 63.9 Å². The van der Waals surface area contributed by atoms with Crippen LogP contribution in [0, 0.1) is 0 Å². The maximum Gasteiger partial charge on any atom is 0.416 e. The van der Waals surface area contributed by atoms with Crippen LogP contribution in [0.1, 0.15) is 28.4 Å². The number of nitrogens with zero attached hydrogens (tertiary/aromatic N) is 1. The first kappa shape index (κ1) is 31.9. The van der Waals surface area contributed by atoms with Gasteiger partial charge in [0, 0.05) is 19.2 Å². The molecule has 0 fully saturated rings. The van der Waals surface area contributed by atoms with Crippen LogP contribution in [0.15, 0.2) is 77.7 Å². The number of phenolic OH excluding ortho intramolecular Hbond substituents is 1. The smallest absolute Gasteiger partial charge is 0.416 e. The molecule has 0 aliphatic carbocycles. The van der Waals surface area contributed by atoms with Crippen molar-refractivity contribution in [1.82, 2.24) is 9.62 Å². The lowest BCUT2D eigenvalue weighted by molar-refractivity contribution is -0.137. The van der Waals surface area contributed by atoms with Gasteiger partial charge in [-0.25, -0.2) is 8.42 Å². The number of carbonyl (C=O) groups excluding carboxylic acids is 1. The van der Waals surface area contributed by atoms with Crippen molar-refractivity contribution in [2.24, 2.45) is 0 Å². The minimum Gasteiger partial charge on any atom is -0.507 e. The lowest BCUT2D eigenvalue weighted by atomic mass is 10.00. The van der Waals surface area contributed by atoms with Crippen LogP contribution in [0.25, 0.3) is 0 Å². The number of hydrogen-bond donors (Lipinski definition) is 4. The van der Waals surface area contributed by atoms with Gasteiger partial charge in [0.25, 0.3) is 5.91 Å². The van der Waals surface area contributed by atoms with Crippen molar-refractivity contribution in [2.45, 2.75) is 42.7 Å². The number of rotatable bonds is 12. The molecule has 0 aliphatic rings. The Morgan fingerprint density at radius 1 is 1.00 bits per heavy atom. The molecule has 13 heteroatoms. The Labute approximate surface area is 235 Å². The number of carbonyl (C=O) groups is 1. The van der Waals surface area contributed by atoms with Crippen LogP contribution in [-0.4, -0.2) is 72.4 Å². The fraction of sp³-hybridized carbons (Fsp3) is 0.321. The second-order valence-corrected chi connectivity index (χ2v) is 11.4. The largest absolute Gasteiger partial charge is 0.507 e. The van der Waals surface area contributed by atoms with Gasteiger partial charge in [-0.2, -0.15) is 17.5 Å². The molecule has 0 unspecified atom stereocenters. The fourth-order valence-corrected chi connectivity index (χ4v) is 5.63. The highest BCUT2D eigenvalue weighted by Gasteiger charge is 2.34. The van der Waals surface area contributed by atoms with Crippen molar-refractivity contribution in [2.75, 3.05) is 20.2 Å². The predicted octanol–water partition coefficient (Wildman–Crippen LogP) is 3.19. The summed E-state index contributed by atoms with van der Waals surface area (Å²) in [5.41, 5.74) is -0.455. The van der Waals surface area contributed by atoms with Crippen LogP contribution < -0.4 is 10.1 Å². The van der Waals surface area contributed by atoms with E-state index in [9.17, 15) is 41.7 Å². The van der Waals surface area contributed by atoms with Crippen molar-refractivity contribution in [3.8, 4) is 11.5 Å². The minimum absolute atomic E-state index is 0.0630. The number of methoxy groups -OCH3 is 1. The van der Waals surface area contributed by atoms with Gasteiger partial charge in [0.2, 0.25) is 10.0 Å². The van der Waals surface area contributed by atoms with E-state index in [1.54, 1.807) is 30.3 Å². The number of hydrogen-bond acceptors (Lipinski definition) is 7. The molecule has 3 atom stereocenters. The zero-order chi connectivity index (χ0) is 30.4. The van der Waals surface area contributed by atoms with Crippen molar-refractivity contribution >= 4 is 15.9 Å². The number of aliphatic hydroxyl groups excluding tert-OH is 2. The van der Waals surface area contributed by atoms with E-state index in [4.69, 9.17) is 4.74 Å². The van der Waals surface area contributed by atoms with E-state index in [1.807, 2.05) is 0 Å². The summed E-state index contributed by atoms with van der Waals surface area (Å²) < 4.78 is 71.5. The first-order valence-electron chi connectivity index (χ1n) is 12.5. The van der Waals surface area contributed by atoms with E-state index in [0.717, 1.165) is 16.4 Å². The Kier molecular flexibility index (Phi) is 10.4. The summed E-state index contributed by atoms with van der Waals surface area (Å²) in [7, 11) is -3.09. The number of aromatic hydroxyl groups is 1. The number of halogens is 3. The number of aliphatic hydroxyl groups is 2. The van der Waals surface area contributed by atoms with Crippen LogP contribution in [-0.2, 0) is 22.6 Å². The molecule has 0 aliphatic heterocycles. The summed E-state index contributed by atoms with van der Waals surface area (Å²) in [5, 5.41) is 34.1. The number of amides is 1. The zero-order valence-corrected chi connectivity index (χ0v) is 23.1. The average molecular weight is 597 g/mol. The summed E-state index contributed by atoms with van der Waals surface area (Å²) >= 11 is 0. The van der Waals surface area contributed by atoms with Gasteiger partial charge >= 0.3 is 6.18 Å². The van der Waals surface area contributed by atoms with Gasteiger partial charge in [-0.3, -0.25) is 4.79 Å². The zero-order valence-electron chi connectivity index (χ0n) is 22.2. The molecule has 9 nitrogen and oxygen atoms in total. The third-order valence-electron chi connectivity index (χ3n) is 6.21. The molecule has 4 N–H and O–H groups in total. The topological polar surface area (TPSA) is 136 Å². The minimum atomic E-state index is -4.67. The SMILES string of the molecule is COc1ccc(C(=O)N[C@@H](Cc2ccccc2)[C@H](O)CN(C[C@H](C)O)S(=O)(=O)c2ccc(C(F)(F)F)cc2)c(O)c1. The van der Waals surface area contributed by atoms with E-state index in [-0.39, 0.29) is 17.7 Å². The van der Waals surface area contributed by atoms with Gasteiger partial charge in [-0.1, -0.05) is 30.3 Å². The summed E-state index contributed by atoms with van der Waals surface area (Å²) in [6.45, 7) is 0.226. The molecule has 222 valence electrons. The first-order chi connectivity index (χ1) is 19.2. The number of phenols is 1. The lowest BCUT2D eigenvalue weighted by Gasteiger charge is -2.30. The molecular weight excluding hydrogens is 565 g/mol. The Morgan fingerprint density at radius 3 is 2.17 bits per heavy atom. The molecule has 0 saturated heterocycles. The summed E-state index contributed by atoms with van der Waals surface area (Å²) in [4.78, 5) is 12.6. The molecule has 0 aromatic heterocycles. The monoisotopic (exact) mass is 596 g/mol. The molecule has 0 heterocycles. The van der Waals surface area contributed by atoms with E-state index in [1.165, 1.54) is 32.2 Å². The second-order valence-electron chi connectivity index (χ2n) is 9.41. The Bertz CT molecular complexity index is 1420. The second kappa shape index (κ2) is 13.3. The van der Waals surface area contributed by atoms with Crippen LogP contribution in [0.3, 0.4) is 0 Å².